The van der Waals surface area contributed by atoms with Crippen LogP contribution in [-0.4, -0.2) is 23.2 Å². The SMILES string of the molecule is COc1ccc(-c2c(C(F)(F)F)c(C(=O)O)cc3cccnc23)cc1. The number of aromatic carboxylic acids is 1. The Labute approximate surface area is 140 Å². The molecule has 1 N–H and O–H groups in total. The lowest BCUT2D eigenvalue weighted by Crippen LogP contribution is -2.15. The van der Waals surface area contributed by atoms with E-state index in [0.29, 0.717) is 11.1 Å². The molecule has 0 aliphatic carbocycles. The number of carboxylic acid groups (broad SMARTS) is 1. The Kier molecular flexibility index (Phi) is 4.08. The van der Waals surface area contributed by atoms with Crippen molar-refractivity contribution in [2.75, 3.05) is 7.11 Å². The van der Waals surface area contributed by atoms with Crippen molar-refractivity contribution >= 4 is 16.9 Å². The molecule has 0 aliphatic rings. The van der Waals surface area contributed by atoms with Crippen LogP contribution in [0.5, 0.6) is 5.75 Å². The van der Waals surface area contributed by atoms with Crippen LogP contribution in [0.4, 0.5) is 13.2 Å². The highest BCUT2D eigenvalue weighted by Gasteiger charge is 2.39. The minimum absolute atomic E-state index is 0.0880. The molecule has 0 saturated carbocycles. The Morgan fingerprint density at radius 1 is 1.16 bits per heavy atom. The van der Waals surface area contributed by atoms with E-state index in [1.54, 1.807) is 6.07 Å². The Morgan fingerprint density at radius 2 is 1.84 bits per heavy atom. The van der Waals surface area contributed by atoms with E-state index in [4.69, 9.17) is 4.74 Å². The van der Waals surface area contributed by atoms with Crippen LogP contribution in [0.25, 0.3) is 22.0 Å². The normalized spacial score (nSPS) is 11.5. The number of methoxy groups -OCH3 is 1. The van der Waals surface area contributed by atoms with E-state index in [-0.39, 0.29) is 16.6 Å². The van der Waals surface area contributed by atoms with Gasteiger partial charge in [0.2, 0.25) is 0 Å². The summed E-state index contributed by atoms with van der Waals surface area (Å²) in [6, 6.07) is 9.99. The molecule has 3 aromatic rings. The van der Waals surface area contributed by atoms with E-state index < -0.39 is 23.3 Å². The van der Waals surface area contributed by atoms with Crippen LogP contribution in [0.3, 0.4) is 0 Å². The van der Waals surface area contributed by atoms with Crippen molar-refractivity contribution in [1.82, 2.24) is 4.98 Å². The molecule has 25 heavy (non-hydrogen) atoms. The van der Waals surface area contributed by atoms with Gasteiger partial charge >= 0.3 is 12.1 Å². The van der Waals surface area contributed by atoms with Crippen LogP contribution in [0, 0.1) is 0 Å². The first kappa shape index (κ1) is 16.8. The maximum atomic E-state index is 13.7. The predicted molar refractivity (Wildman–Crippen MR) is 85.7 cm³/mol. The molecule has 1 aromatic heterocycles. The lowest BCUT2D eigenvalue weighted by molar-refractivity contribution is -0.137. The molecule has 2 aromatic carbocycles. The van der Waals surface area contributed by atoms with E-state index in [0.717, 1.165) is 6.07 Å². The predicted octanol–water partition coefficient (Wildman–Crippen LogP) is 4.63. The van der Waals surface area contributed by atoms with Crippen LogP contribution in [0.2, 0.25) is 0 Å². The number of halogens is 3. The van der Waals surface area contributed by atoms with Crippen LogP contribution < -0.4 is 4.74 Å². The molecular formula is C18H12F3NO3. The van der Waals surface area contributed by atoms with Crippen molar-refractivity contribution in [3.8, 4) is 16.9 Å². The van der Waals surface area contributed by atoms with Gasteiger partial charge in [0.15, 0.2) is 0 Å². The number of hydrogen-bond acceptors (Lipinski definition) is 3. The molecule has 0 amide bonds. The van der Waals surface area contributed by atoms with Crippen molar-refractivity contribution in [2.45, 2.75) is 6.18 Å². The number of aromatic nitrogens is 1. The van der Waals surface area contributed by atoms with Crippen molar-refractivity contribution < 1.29 is 27.8 Å². The summed E-state index contributed by atoms with van der Waals surface area (Å²) in [7, 11) is 1.44. The van der Waals surface area contributed by atoms with Crippen LogP contribution in [0.1, 0.15) is 15.9 Å². The Bertz CT molecular complexity index is 950. The third-order valence-corrected chi connectivity index (χ3v) is 3.79. The molecule has 0 atom stereocenters. The average Bonchev–Trinajstić information content (AvgIpc) is 2.59. The second-order valence-corrected chi connectivity index (χ2v) is 5.28. The van der Waals surface area contributed by atoms with Crippen molar-refractivity contribution in [3.05, 3.63) is 59.8 Å². The van der Waals surface area contributed by atoms with Gasteiger partial charge in [0.1, 0.15) is 5.75 Å². The number of carboxylic acids is 1. The summed E-state index contributed by atoms with van der Waals surface area (Å²) in [6.07, 6.45) is -3.48. The standard InChI is InChI=1S/C18H12F3NO3/c1-25-12-6-4-10(5-7-12)14-15(18(19,20)21)13(17(23)24)9-11-3-2-8-22-16(11)14/h2-9H,1H3,(H,23,24). The topological polar surface area (TPSA) is 59.4 Å². The van der Waals surface area contributed by atoms with Crippen molar-refractivity contribution in [2.24, 2.45) is 0 Å². The molecule has 0 saturated heterocycles. The highest BCUT2D eigenvalue weighted by atomic mass is 19.4. The zero-order valence-electron chi connectivity index (χ0n) is 13.0. The molecule has 3 rings (SSSR count). The van der Waals surface area contributed by atoms with E-state index in [1.165, 1.54) is 43.6 Å². The first-order valence-corrected chi connectivity index (χ1v) is 7.19. The van der Waals surface area contributed by atoms with Gasteiger partial charge in [-0.25, -0.2) is 4.79 Å². The molecule has 0 aliphatic heterocycles. The van der Waals surface area contributed by atoms with Crippen LogP contribution in [0.15, 0.2) is 48.7 Å². The molecule has 1 heterocycles. The fourth-order valence-corrected chi connectivity index (χ4v) is 2.73. The molecule has 0 spiro atoms. The molecule has 0 fully saturated rings. The van der Waals surface area contributed by atoms with Gasteiger partial charge < -0.3 is 9.84 Å². The zero-order valence-corrected chi connectivity index (χ0v) is 13.0. The summed E-state index contributed by atoms with van der Waals surface area (Å²) >= 11 is 0. The van der Waals surface area contributed by atoms with E-state index >= 15 is 0 Å². The van der Waals surface area contributed by atoms with Crippen molar-refractivity contribution in [3.63, 3.8) is 0 Å². The molecule has 4 nitrogen and oxygen atoms in total. The third-order valence-electron chi connectivity index (χ3n) is 3.79. The number of benzene rings is 2. The summed E-state index contributed by atoms with van der Waals surface area (Å²) in [6.45, 7) is 0. The van der Waals surface area contributed by atoms with E-state index in [2.05, 4.69) is 4.98 Å². The van der Waals surface area contributed by atoms with Gasteiger partial charge in [-0.3, -0.25) is 4.98 Å². The van der Waals surface area contributed by atoms with Gasteiger partial charge in [-0.1, -0.05) is 18.2 Å². The number of fused-ring (bicyclic) bond motifs is 1. The van der Waals surface area contributed by atoms with E-state index in [9.17, 15) is 23.1 Å². The zero-order chi connectivity index (χ0) is 18.2. The summed E-state index contributed by atoms with van der Waals surface area (Å²) in [5, 5.41) is 9.62. The summed E-state index contributed by atoms with van der Waals surface area (Å²) in [5.41, 5.74) is -1.98. The Hall–Kier alpha value is -3.09. The fourth-order valence-electron chi connectivity index (χ4n) is 2.73. The van der Waals surface area contributed by atoms with Gasteiger partial charge in [0, 0.05) is 17.1 Å². The van der Waals surface area contributed by atoms with Gasteiger partial charge in [-0.2, -0.15) is 13.2 Å². The van der Waals surface area contributed by atoms with Crippen LogP contribution in [-0.2, 0) is 6.18 Å². The largest absolute Gasteiger partial charge is 0.497 e. The van der Waals surface area contributed by atoms with Crippen molar-refractivity contribution in [1.29, 1.82) is 0 Å². The summed E-state index contributed by atoms with van der Waals surface area (Å²) in [5.74, 6) is -1.17. The van der Waals surface area contributed by atoms with Gasteiger partial charge in [-0.05, 0) is 29.8 Å². The molecule has 7 heteroatoms. The van der Waals surface area contributed by atoms with Gasteiger partial charge in [0.25, 0.3) is 0 Å². The fraction of sp³-hybridized carbons (Fsp3) is 0.111. The maximum Gasteiger partial charge on any atom is 0.417 e. The quantitative estimate of drug-likeness (QED) is 0.751. The van der Waals surface area contributed by atoms with Gasteiger partial charge in [0.05, 0.1) is 23.8 Å². The average molecular weight is 347 g/mol. The highest BCUT2D eigenvalue weighted by Crippen LogP contribution is 2.43. The lowest BCUT2D eigenvalue weighted by Gasteiger charge is -2.18. The number of pyridine rings is 1. The number of carbonyl (C=O) groups is 1. The molecule has 0 unspecified atom stereocenters. The minimum atomic E-state index is -4.85. The first-order valence-electron chi connectivity index (χ1n) is 7.19. The second kappa shape index (κ2) is 6.08. The molecule has 0 bridgehead atoms. The minimum Gasteiger partial charge on any atom is -0.497 e. The highest BCUT2D eigenvalue weighted by molar-refractivity contribution is 6.03. The summed E-state index contributed by atoms with van der Waals surface area (Å²) < 4.78 is 46.2. The number of alkyl halides is 3. The molecule has 128 valence electrons. The molecule has 0 radical (unpaired) electrons. The number of ether oxygens (including phenoxy) is 1. The Morgan fingerprint density at radius 3 is 2.40 bits per heavy atom. The maximum absolute atomic E-state index is 13.7. The second-order valence-electron chi connectivity index (χ2n) is 5.28. The summed E-state index contributed by atoms with van der Waals surface area (Å²) in [4.78, 5) is 15.5. The van der Waals surface area contributed by atoms with E-state index in [1.807, 2.05) is 0 Å². The monoisotopic (exact) mass is 347 g/mol. The van der Waals surface area contributed by atoms with Gasteiger partial charge in [-0.15, -0.1) is 0 Å². The number of hydrogen-bond donors (Lipinski definition) is 1. The molecular weight excluding hydrogens is 335 g/mol. The number of nitrogens with zero attached hydrogens (tertiary/aromatic N) is 1. The number of rotatable bonds is 3. The lowest BCUT2D eigenvalue weighted by atomic mass is 9.91. The smallest absolute Gasteiger partial charge is 0.417 e. The third kappa shape index (κ3) is 3.00. The first-order chi connectivity index (χ1) is 11.8. The Balaban J connectivity index is 2.46. The van der Waals surface area contributed by atoms with Crippen LogP contribution >= 0.6 is 0 Å².